The van der Waals surface area contributed by atoms with Crippen molar-refractivity contribution in [3.8, 4) is 11.3 Å². The zero-order chi connectivity index (χ0) is 42.6. The van der Waals surface area contributed by atoms with Gasteiger partial charge < -0.3 is 52.6 Å². The second-order valence-electron chi connectivity index (χ2n) is 13.8. The molecule has 0 aliphatic rings. The fourth-order valence-corrected chi connectivity index (χ4v) is 5.96. The van der Waals surface area contributed by atoms with E-state index in [0.29, 0.717) is 128 Å². The Kier molecular flexibility index (Phi) is 24.2. The first-order valence-corrected chi connectivity index (χ1v) is 21.1. The van der Waals surface area contributed by atoms with Crippen molar-refractivity contribution in [2.24, 2.45) is 0 Å². The van der Waals surface area contributed by atoms with Gasteiger partial charge in [-0.05, 0) is 53.9 Å². The van der Waals surface area contributed by atoms with Crippen LogP contribution in [-0.2, 0) is 57.5 Å². The molecule has 0 spiro atoms. The molecule has 4 aromatic carbocycles. The number of ether oxygens (including phenoxy) is 8. The van der Waals surface area contributed by atoms with Gasteiger partial charge in [0.25, 0.3) is 0 Å². The summed E-state index contributed by atoms with van der Waals surface area (Å²) in [5, 5.41) is 3.59. The minimum Gasteiger partial charge on any atom is -0.453 e. The minimum absolute atomic E-state index is 0. The van der Waals surface area contributed by atoms with E-state index in [9.17, 15) is 4.79 Å². The highest BCUT2D eigenvalue weighted by Gasteiger charge is 2.14. The highest BCUT2D eigenvalue weighted by Crippen LogP contribution is 2.28. The van der Waals surface area contributed by atoms with Crippen LogP contribution in [0.1, 0.15) is 37.7 Å². The predicted molar refractivity (Wildman–Crippen MR) is 245 cm³/mol. The van der Waals surface area contributed by atoms with Crippen LogP contribution in [0.15, 0.2) is 112 Å². The van der Waals surface area contributed by atoms with Crippen molar-refractivity contribution >= 4 is 27.7 Å². The van der Waals surface area contributed by atoms with Crippen LogP contribution >= 0.6 is 0 Å². The van der Waals surface area contributed by atoms with Gasteiger partial charge in [0.1, 0.15) is 17.1 Å². The standard InChI is InChI=1S/C36H43N3O8.C12H18O2.CH4/c1-37-29-9-7-28(8-10-29)33-25-32(40)30-11-12-31-35(36(30)47-33)39-34(38-31)13-14-41-15-16-42-17-18-43-19-20-44-21-22-45-23-24-46-26-27-5-3-2-4-6-27;1-2-8-13-9-10-14-11-12-6-4-3-5-7-12;/h2-12,25,37H,13-24,26H2,1H3,(H,38,39);3-7H,2,8-11H2,1H3;1H4. The van der Waals surface area contributed by atoms with Gasteiger partial charge in [-0.15, -0.1) is 0 Å². The van der Waals surface area contributed by atoms with Gasteiger partial charge in [0, 0.05) is 37.4 Å². The zero-order valence-corrected chi connectivity index (χ0v) is 35.6. The van der Waals surface area contributed by atoms with Crippen LogP contribution in [0, 0.1) is 0 Å². The van der Waals surface area contributed by atoms with Crippen LogP contribution in [0.25, 0.3) is 33.3 Å². The molecule has 13 nitrogen and oxygen atoms in total. The van der Waals surface area contributed by atoms with Crippen LogP contribution in [0.5, 0.6) is 0 Å². The number of H-pyrrole nitrogens is 1. The van der Waals surface area contributed by atoms with E-state index in [1.807, 2.05) is 85.9 Å². The van der Waals surface area contributed by atoms with Gasteiger partial charge in [-0.25, -0.2) is 4.98 Å². The van der Waals surface area contributed by atoms with Crippen molar-refractivity contribution in [1.82, 2.24) is 9.97 Å². The Labute approximate surface area is 365 Å². The predicted octanol–water partition coefficient (Wildman–Crippen LogP) is 8.49. The maximum Gasteiger partial charge on any atom is 0.193 e. The molecule has 6 aromatic rings. The molecule has 0 bridgehead atoms. The quantitative estimate of drug-likeness (QED) is 0.0437. The number of nitrogens with one attached hydrogen (secondary N) is 2. The summed E-state index contributed by atoms with van der Waals surface area (Å²) in [5.74, 6) is 1.26. The number of rotatable bonds is 29. The monoisotopic (exact) mass is 855 g/mol. The maximum absolute atomic E-state index is 12.9. The molecule has 13 heteroatoms. The first-order valence-electron chi connectivity index (χ1n) is 21.1. The lowest BCUT2D eigenvalue weighted by Gasteiger charge is -2.08. The number of fused-ring (bicyclic) bond motifs is 3. The third-order valence-electron chi connectivity index (χ3n) is 9.14. The summed E-state index contributed by atoms with van der Waals surface area (Å²) in [7, 11) is 1.86. The van der Waals surface area contributed by atoms with Crippen molar-refractivity contribution in [3.63, 3.8) is 0 Å². The third kappa shape index (κ3) is 18.2. The largest absolute Gasteiger partial charge is 0.453 e. The van der Waals surface area contributed by atoms with Gasteiger partial charge in [-0.3, -0.25) is 4.79 Å². The van der Waals surface area contributed by atoms with E-state index in [0.717, 1.165) is 41.2 Å². The number of aromatic amines is 1. The smallest absolute Gasteiger partial charge is 0.193 e. The van der Waals surface area contributed by atoms with E-state index in [4.69, 9.17) is 47.3 Å². The topological polar surface area (TPSA) is 145 Å². The molecule has 0 saturated carbocycles. The Balaban J connectivity index is 0.000000480. The summed E-state index contributed by atoms with van der Waals surface area (Å²) in [6, 6.07) is 33.1. The normalized spacial score (nSPS) is 11.1. The molecule has 0 radical (unpaired) electrons. The molecule has 0 saturated heterocycles. The molecule has 62 heavy (non-hydrogen) atoms. The van der Waals surface area contributed by atoms with E-state index in [2.05, 4.69) is 29.4 Å². The summed E-state index contributed by atoms with van der Waals surface area (Å²) >= 11 is 0. The van der Waals surface area contributed by atoms with Gasteiger partial charge in [0.15, 0.2) is 11.0 Å². The van der Waals surface area contributed by atoms with Crippen LogP contribution in [-0.4, -0.2) is 110 Å². The molecule has 2 N–H and O–H groups in total. The van der Waals surface area contributed by atoms with Crippen molar-refractivity contribution in [2.75, 3.05) is 105 Å². The molecule has 0 fully saturated rings. The summed E-state index contributed by atoms with van der Waals surface area (Å²) < 4.78 is 50.4. The van der Waals surface area contributed by atoms with Crippen molar-refractivity contribution in [2.45, 2.75) is 40.4 Å². The SMILES string of the molecule is C.CCCOCCOCc1ccccc1.CNc1ccc(-c2cc(=O)c3ccc4[nH]c(CCOCCOCCOCCOCCOCCOCc5ccccc5)nc4c3o2)cc1. The van der Waals surface area contributed by atoms with Crippen LogP contribution in [0.2, 0.25) is 0 Å². The Bertz CT molecular complexity index is 2110. The van der Waals surface area contributed by atoms with Crippen LogP contribution in [0.4, 0.5) is 5.69 Å². The molecule has 0 amide bonds. The fourth-order valence-electron chi connectivity index (χ4n) is 5.96. The average Bonchev–Trinajstić information content (AvgIpc) is 3.73. The summed E-state index contributed by atoms with van der Waals surface area (Å²) in [6.45, 7) is 11.1. The second kappa shape index (κ2) is 30.1. The van der Waals surface area contributed by atoms with E-state index in [-0.39, 0.29) is 12.9 Å². The van der Waals surface area contributed by atoms with E-state index in [1.54, 1.807) is 6.07 Å². The lowest BCUT2D eigenvalue weighted by Crippen LogP contribution is -2.14. The molecule has 2 heterocycles. The highest BCUT2D eigenvalue weighted by molar-refractivity contribution is 6.00. The van der Waals surface area contributed by atoms with Gasteiger partial charge in [-0.1, -0.05) is 75.0 Å². The molecule has 0 aliphatic carbocycles. The lowest BCUT2D eigenvalue weighted by molar-refractivity contribution is -0.0176. The molecule has 0 aliphatic heterocycles. The summed E-state index contributed by atoms with van der Waals surface area (Å²) in [4.78, 5) is 20.9. The van der Waals surface area contributed by atoms with Crippen molar-refractivity contribution in [3.05, 3.63) is 130 Å². The number of anilines is 1. The second-order valence-corrected chi connectivity index (χ2v) is 13.8. The molecular weight excluding hydrogens is 791 g/mol. The number of hydrogen-bond donors (Lipinski definition) is 2. The maximum atomic E-state index is 12.9. The summed E-state index contributed by atoms with van der Waals surface area (Å²) in [5.41, 5.74) is 5.97. The van der Waals surface area contributed by atoms with Gasteiger partial charge >= 0.3 is 0 Å². The number of nitrogens with zero attached hydrogens (tertiary/aromatic N) is 1. The molecule has 0 unspecified atom stereocenters. The number of benzene rings is 4. The van der Waals surface area contributed by atoms with Crippen LogP contribution < -0.4 is 10.7 Å². The Morgan fingerprint density at radius 1 is 0.581 bits per heavy atom. The molecule has 0 atom stereocenters. The Morgan fingerprint density at radius 3 is 1.56 bits per heavy atom. The number of aromatic nitrogens is 2. The van der Waals surface area contributed by atoms with Gasteiger partial charge in [0.05, 0.1) is 110 Å². The van der Waals surface area contributed by atoms with Crippen molar-refractivity contribution < 1.29 is 42.3 Å². The average molecular weight is 856 g/mol. The lowest BCUT2D eigenvalue weighted by atomic mass is 10.1. The van der Waals surface area contributed by atoms with Gasteiger partial charge in [-0.2, -0.15) is 0 Å². The summed E-state index contributed by atoms with van der Waals surface area (Å²) in [6.07, 6.45) is 1.65. The van der Waals surface area contributed by atoms with Crippen molar-refractivity contribution in [1.29, 1.82) is 0 Å². The van der Waals surface area contributed by atoms with Gasteiger partial charge in [0.2, 0.25) is 0 Å². The van der Waals surface area contributed by atoms with E-state index < -0.39 is 0 Å². The Morgan fingerprint density at radius 2 is 1.06 bits per heavy atom. The molecule has 2 aromatic heterocycles. The first-order chi connectivity index (χ1) is 30.1. The number of imidazole rings is 1. The molecule has 6 rings (SSSR count). The third-order valence-corrected chi connectivity index (χ3v) is 9.14. The minimum atomic E-state index is -0.106. The zero-order valence-electron chi connectivity index (χ0n) is 35.6. The van der Waals surface area contributed by atoms with E-state index in [1.165, 1.54) is 11.6 Å². The molecule has 336 valence electrons. The molecular formula is C49H65N3O10. The number of hydrogen-bond acceptors (Lipinski definition) is 12. The fraction of sp³-hybridized carbons (Fsp3) is 0.429. The highest BCUT2D eigenvalue weighted by atomic mass is 16.6. The van der Waals surface area contributed by atoms with E-state index >= 15 is 0 Å². The Hall–Kier alpha value is -4.96. The first kappa shape index (κ1) is 49.7. The van der Waals surface area contributed by atoms with Crippen LogP contribution in [0.3, 0.4) is 0 Å².